The van der Waals surface area contributed by atoms with Crippen molar-refractivity contribution in [3.8, 4) is 0 Å². The van der Waals surface area contributed by atoms with Crippen molar-refractivity contribution >= 4 is 0 Å². The van der Waals surface area contributed by atoms with Crippen LogP contribution in [-0.2, 0) is 0 Å². The van der Waals surface area contributed by atoms with Gasteiger partial charge in [0.15, 0.2) is 0 Å². The zero-order valence-electron chi connectivity index (χ0n) is 10.1. The summed E-state index contributed by atoms with van der Waals surface area (Å²) in [6, 6.07) is 0. The molecule has 2 rings (SSSR count). The van der Waals surface area contributed by atoms with Crippen LogP contribution in [0.1, 0.15) is 20.8 Å². The molecule has 0 bridgehead atoms. The first-order valence-electron chi connectivity index (χ1n) is 5.63. The third-order valence-electron chi connectivity index (χ3n) is 3.25. The van der Waals surface area contributed by atoms with Gasteiger partial charge in [-0.05, 0) is 56.8 Å². The van der Waals surface area contributed by atoms with Crippen molar-refractivity contribution in [2.24, 2.45) is 5.41 Å². The Labute approximate surface area is 101 Å². The van der Waals surface area contributed by atoms with Crippen molar-refractivity contribution < 1.29 is 5.11 Å². The van der Waals surface area contributed by atoms with Crippen LogP contribution in [0.4, 0.5) is 0 Å². The fraction of sp³-hybridized carbons (Fsp3) is 0.333. The molecule has 1 heteroatoms. The number of hydrogen-bond donors (Lipinski definition) is 1. The number of rotatable bonds is 2. The molecule has 0 saturated heterocycles. The Morgan fingerprint density at radius 1 is 0.750 bits per heavy atom. The Morgan fingerprint density at radius 2 is 1.06 bits per heavy atom. The molecule has 0 aromatic carbocycles. The molecule has 2 aliphatic carbocycles. The normalized spacial score (nSPS) is 25.5. The summed E-state index contributed by atoms with van der Waals surface area (Å²) in [5, 5.41) is 11.1. The lowest BCUT2D eigenvalue weighted by atomic mass is 9.61. The van der Waals surface area contributed by atoms with E-state index in [-0.39, 0.29) is 5.41 Å². The van der Waals surface area contributed by atoms with Crippen molar-refractivity contribution in [2.45, 2.75) is 26.4 Å². The molecule has 0 amide bonds. The molecule has 0 atom stereocenters. The Morgan fingerprint density at radius 3 is 1.31 bits per heavy atom. The van der Waals surface area contributed by atoms with Gasteiger partial charge in [-0.2, -0.15) is 0 Å². The van der Waals surface area contributed by atoms with E-state index in [0.717, 1.165) is 11.8 Å². The third-order valence-corrected chi connectivity index (χ3v) is 3.25. The molecule has 2 aliphatic rings. The monoisotopic (exact) mass is 214 g/mol. The van der Waals surface area contributed by atoms with Gasteiger partial charge in [-0.15, -0.1) is 0 Å². The van der Waals surface area contributed by atoms with Crippen LogP contribution in [0.3, 0.4) is 0 Å². The smallest absolute Gasteiger partial charge is 0.0832 e. The van der Waals surface area contributed by atoms with Crippen LogP contribution in [0.25, 0.3) is 0 Å². The van der Waals surface area contributed by atoms with Gasteiger partial charge < -0.3 is 5.11 Å². The molecule has 0 unspecified atom stereocenters. The zero-order chi connectivity index (χ0) is 11.8. The van der Waals surface area contributed by atoms with E-state index in [1.807, 2.05) is 51.4 Å². The molecule has 0 aromatic heterocycles. The SMILES string of the molecule is CC(C)(C)C(O)([C]1[CH][CH][CH][CH]1)[C]1[CH][CH][CH][CH]1. The minimum absolute atomic E-state index is 0.240. The minimum Gasteiger partial charge on any atom is -0.388 e. The molecule has 16 heavy (non-hydrogen) atoms. The molecule has 1 N–H and O–H groups in total. The maximum atomic E-state index is 11.1. The quantitative estimate of drug-likeness (QED) is 0.749. The first-order valence-corrected chi connectivity index (χ1v) is 5.63. The zero-order valence-corrected chi connectivity index (χ0v) is 10.1. The fourth-order valence-corrected chi connectivity index (χ4v) is 2.26. The van der Waals surface area contributed by atoms with E-state index in [0.29, 0.717) is 0 Å². The highest BCUT2D eigenvalue weighted by Crippen LogP contribution is 2.52. The highest BCUT2D eigenvalue weighted by molar-refractivity contribution is 5.53. The predicted octanol–water partition coefficient (Wildman–Crippen LogP) is 2.57. The van der Waals surface area contributed by atoms with Crippen LogP contribution in [0.15, 0.2) is 0 Å². The van der Waals surface area contributed by atoms with Gasteiger partial charge in [0.25, 0.3) is 0 Å². The fourth-order valence-electron chi connectivity index (χ4n) is 2.26. The summed E-state index contributed by atoms with van der Waals surface area (Å²) in [5.74, 6) is 1.93. The largest absolute Gasteiger partial charge is 0.388 e. The average Bonchev–Trinajstić information content (AvgIpc) is 2.88. The van der Waals surface area contributed by atoms with Crippen molar-refractivity contribution in [1.29, 1.82) is 0 Å². The Balaban J connectivity index is 2.23. The summed E-state index contributed by atoms with van der Waals surface area (Å²) in [6.07, 6.45) is 15.8. The van der Waals surface area contributed by atoms with E-state index >= 15 is 0 Å². The van der Waals surface area contributed by atoms with Crippen molar-refractivity contribution in [2.75, 3.05) is 0 Å². The molecule has 0 aromatic rings. The molecule has 0 heterocycles. The van der Waals surface area contributed by atoms with Crippen molar-refractivity contribution in [3.63, 3.8) is 0 Å². The summed E-state index contributed by atoms with van der Waals surface area (Å²) in [7, 11) is 0. The lowest BCUT2D eigenvalue weighted by Crippen LogP contribution is -2.52. The topological polar surface area (TPSA) is 20.2 Å². The van der Waals surface area contributed by atoms with Gasteiger partial charge in [0, 0.05) is 11.8 Å². The van der Waals surface area contributed by atoms with Gasteiger partial charge in [-0.1, -0.05) is 20.8 Å². The van der Waals surface area contributed by atoms with E-state index in [2.05, 4.69) is 20.8 Å². The number of hydrogen-bond acceptors (Lipinski definition) is 1. The third kappa shape index (κ3) is 1.92. The maximum Gasteiger partial charge on any atom is 0.0832 e. The van der Waals surface area contributed by atoms with Crippen LogP contribution >= 0.6 is 0 Å². The predicted molar refractivity (Wildman–Crippen MR) is 65.3 cm³/mol. The van der Waals surface area contributed by atoms with Gasteiger partial charge in [-0.25, -0.2) is 0 Å². The van der Waals surface area contributed by atoms with Crippen molar-refractivity contribution in [3.05, 3.63) is 63.2 Å². The van der Waals surface area contributed by atoms with Crippen LogP contribution < -0.4 is 0 Å². The molecule has 0 aliphatic heterocycles. The Bertz CT molecular complexity index is 210. The second-order valence-electron chi connectivity index (χ2n) is 5.31. The second kappa shape index (κ2) is 4.33. The highest BCUT2D eigenvalue weighted by Gasteiger charge is 2.53. The van der Waals surface area contributed by atoms with E-state index < -0.39 is 5.60 Å². The minimum atomic E-state index is -0.917. The van der Waals surface area contributed by atoms with E-state index in [4.69, 9.17) is 0 Å². The number of aliphatic hydroxyl groups is 1. The first-order chi connectivity index (χ1) is 7.46. The van der Waals surface area contributed by atoms with Gasteiger partial charge >= 0.3 is 0 Å². The van der Waals surface area contributed by atoms with Gasteiger partial charge in [-0.3, -0.25) is 0 Å². The van der Waals surface area contributed by atoms with Gasteiger partial charge in [0.1, 0.15) is 0 Å². The lowest BCUT2D eigenvalue weighted by molar-refractivity contribution is -0.0173. The van der Waals surface area contributed by atoms with Gasteiger partial charge in [0.2, 0.25) is 0 Å². The summed E-state index contributed by atoms with van der Waals surface area (Å²) in [6.45, 7) is 6.19. The highest BCUT2D eigenvalue weighted by atomic mass is 16.3. The average molecular weight is 214 g/mol. The Hall–Kier alpha value is -0.0400. The molecule has 0 spiro atoms. The van der Waals surface area contributed by atoms with E-state index in [1.165, 1.54) is 0 Å². The van der Waals surface area contributed by atoms with Crippen LogP contribution in [0.2, 0.25) is 0 Å². The van der Waals surface area contributed by atoms with E-state index in [9.17, 15) is 5.11 Å². The summed E-state index contributed by atoms with van der Waals surface area (Å²) in [5.41, 5.74) is -1.16. The van der Waals surface area contributed by atoms with Crippen LogP contribution in [-0.4, -0.2) is 10.7 Å². The molecular weight excluding hydrogens is 196 g/mol. The van der Waals surface area contributed by atoms with Crippen LogP contribution in [0, 0.1) is 68.6 Å². The van der Waals surface area contributed by atoms with Crippen molar-refractivity contribution in [1.82, 2.24) is 0 Å². The second-order valence-corrected chi connectivity index (χ2v) is 5.31. The molecular formula is C15H18O. The first kappa shape index (κ1) is 12.4. The molecule has 10 radical (unpaired) electrons. The summed E-state index contributed by atoms with van der Waals surface area (Å²) < 4.78 is 0. The molecule has 2 fully saturated rings. The summed E-state index contributed by atoms with van der Waals surface area (Å²) >= 11 is 0. The van der Waals surface area contributed by atoms with Crippen LogP contribution in [0.5, 0.6) is 0 Å². The molecule has 2 saturated carbocycles. The molecule has 1 nitrogen and oxygen atoms in total. The Kier molecular flexibility index (Phi) is 3.36. The lowest BCUT2D eigenvalue weighted by Gasteiger charge is -2.48. The van der Waals surface area contributed by atoms with E-state index in [1.54, 1.807) is 0 Å². The maximum absolute atomic E-state index is 11.1. The molecule has 84 valence electrons. The summed E-state index contributed by atoms with van der Waals surface area (Å²) in [4.78, 5) is 0. The van der Waals surface area contributed by atoms with Gasteiger partial charge in [0.05, 0.1) is 5.60 Å². The standard InChI is InChI=1S/C15H18O/c1-14(2,3)15(16,12-8-4-5-9-12)13-10-6-7-11-13/h4-11,16H,1-3H3.